The summed E-state index contributed by atoms with van der Waals surface area (Å²) >= 11 is 0. The number of hydrogen-bond donors (Lipinski definition) is 0. The second-order valence-electron chi connectivity index (χ2n) is 3.68. The van der Waals surface area contributed by atoms with Crippen LogP contribution >= 0.6 is 0 Å². The van der Waals surface area contributed by atoms with Gasteiger partial charge in [-0.05, 0) is 6.07 Å². The molecule has 3 heteroatoms. The number of aromatic nitrogens is 2. The second-order valence-corrected chi connectivity index (χ2v) is 3.68. The Bertz CT molecular complexity index is 655. The molecular formula is C12H10N2O. The number of pyridine rings is 1. The predicted octanol–water partition coefficient (Wildman–Crippen LogP) is 1.96. The van der Waals surface area contributed by atoms with Crippen LogP contribution in [0.4, 0.5) is 0 Å². The van der Waals surface area contributed by atoms with Gasteiger partial charge in [-0.2, -0.15) is 4.73 Å². The lowest BCUT2D eigenvalue weighted by atomic mass is 10.2. The summed E-state index contributed by atoms with van der Waals surface area (Å²) in [6, 6.07) is 10.0. The van der Waals surface area contributed by atoms with Crippen molar-refractivity contribution in [2.24, 2.45) is 7.05 Å². The summed E-state index contributed by atoms with van der Waals surface area (Å²) < 4.78 is 2.88. The summed E-state index contributed by atoms with van der Waals surface area (Å²) in [6.45, 7) is 0. The van der Waals surface area contributed by atoms with Crippen LogP contribution < -0.4 is 4.73 Å². The summed E-state index contributed by atoms with van der Waals surface area (Å²) in [5, 5.41) is 13.5. The molecule has 0 amide bonds. The maximum atomic E-state index is 11.2. The van der Waals surface area contributed by atoms with Crippen molar-refractivity contribution in [2.45, 2.75) is 0 Å². The van der Waals surface area contributed by atoms with E-state index in [1.807, 2.05) is 29.8 Å². The molecule has 0 radical (unpaired) electrons. The van der Waals surface area contributed by atoms with E-state index in [0.29, 0.717) is 0 Å². The van der Waals surface area contributed by atoms with Crippen molar-refractivity contribution in [3.63, 3.8) is 0 Å². The van der Waals surface area contributed by atoms with Crippen molar-refractivity contribution in [3.05, 3.63) is 47.9 Å². The van der Waals surface area contributed by atoms with Crippen LogP contribution in [0.1, 0.15) is 0 Å². The van der Waals surface area contributed by atoms with Gasteiger partial charge in [0.2, 0.25) is 6.20 Å². The number of nitrogens with zero attached hydrogens (tertiary/aromatic N) is 2. The first kappa shape index (κ1) is 8.29. The molecule has 0 fully saturated rings. The lowest BCUT2D eigenvalue weighted by Crippen LogP contribution is -2.23. The minimum Gasteiger partial charge on any atom is -0.619 e. The van der Waals surface area contributed by atoms with E-state index in [0.717, 1.165) is 21.2 Å². The smallest absolute Gasteiger partial charge is 0.204 e. The Morgan fingerprint density at radius 2 is 1.80 bits per heavy atom. The van der Waals surface area contributed by atoms with Crippen LogP contribution in [0, 0.1) is 5.21 Å². The van der Waals surface area contributed by atoms with Gasteiger partial charge < -0.3 is 9.77 Å². The van der Waals surface area contributed by atoms with Crippen LogP contribution in [0.2, 0.25) is 0 Å². The monoisotopic (exact) mass is 198 g/mol. The van der Waals surface area contributed by atoms with Gasteiger partial charge in [0, 0.05) is 29.4 Å². The molecule has 0 bridgehead atoms. The summed E-state index contributed by atoms with van der Waals surface area (Å²) in [5.74, 6) is 0. The highest BCUT2D eigenvalue weighted by Gasteiger charge is 2.09. The van der Waals surface area contributed by atoms with Crippen LogP contribution in [-0.4, -0.2) is 4.57 Å². The maximum Gasteiger partial charge on any atom is 0.204 e. The normalized spacial score (nSPS) is 11.3. The molecule has 0 saturated carbocycles. The Balaban J connectivity index is 2.63. The summed E-state index contributed by atoms with van der Waals surface area (Å²) in [4.78, 5) is 0. The first-order chi connectivity index (χ1) is 7.27. The number of aryl methyl sites for hydroxylation is 1. The Kier molecular flexibility index (Phi) is 1.51. The van der Waals surface area contributed by atoms with E-state index in [1.165, 1.54) is 11.6 Å². The Morgan fingerprint density at radius 3 is 2.67 bits per heavy atom. The molecule has 15 heavy (non-hydrogen) atoms. The number of hydrogen-bond acceptors (Lipinski definition) is 1. The third-order valence-electron chi connectivity index (χ3n) is 2.83. The van der Waals surface area contributed by atoms with Gasteiger partial charge in [0.1, 0.15) is 5.52 Å². The average molecular weight is 198 g/mol. The molecule has 0 atom stereocenters. The largest absolute Gasteiger partial charge is 0.619 e. The Hall–Kier alpha value is -2.03. The minimum absolute atomic E-state index is 0.835. The van der Waals surface area contributed by atoms with Gasteiger partial charge in [0.05, 0.1) is 0 Å². The fourth-order valence-corrected chi connectivity index (χ4v) is 2.09. The third kappa shape index (κ3) is 1.03. The molecule has 0 unspecified atom stereocenters. The van der Waals surface area contributed by atoms with Gasteiger partial charge >= 0.3 is 0 Å². The third-order valence-corrected chi connectivity index (χ3v) is 2.83. The van der Waals surface area contributed by atoms with Crippen molar-refractivity contribution < 1.29 is 4.73 Å². The molecule has 3 rings (SSSR count). The van der Waals surface area contributed by atoms with Gasteiger partial charge in [-0.3, -0.25) is 0 Å². The van der Waals surface area contributed by atoms with E-state index in [-0.39, 0.29) is 0 Å². The number of rotatable bonds is 0. The topological polar surface area (TPSA) is 31.9 Å². The highest BCUT2D eigenvalue weighted by Crippen LogP contribution is 2.26. The molecule has 0 aliphatic carbocycles. The van der Waals surface area contributed by atoms with Gasteiger partial charge in [-0.15, -0.1) is 0 Å². The molecule has 1 aromatic carbocycles. The minimum atomic E-state index is 0.835. The van der Waals surface area contributed by atoms with E-state index in [4.69, 9.17) is 0 Å². The Labute approximate surface area is 86.8 Å². The van der Waals surface area contributed by atoms with Crippen molar-refractivity contribution in [3.8, 4) is 0 Å². The maximum absolute atomic E-state index is 11.2. The van der Waals surface area contributed by atoms with Gasteiger partial charge in [-0.25, -0.2) is 0 Å². The molecule has 0 aliphatic rings. The van der Waals surface area contributed by atoms with Crippen LogP contribution in [0.5, 0.6) is 0 Å². The fraction of sp³-hybridized carbons (Fsp3) is 0.0833. The number of para-hydroxylation sites is 1. The van der Waals surface area contributed by atoms with Gasteiger partial charge in [-0.1, -0.05) is 18.2 Å². The fourth-order valence-electron chi connectivity index (χ4n) is 2.09. The number of fused-ring (bicyclic) bond motifs is 3. The van der Waals surface area contributed by atoms with Crippen molar-refractivity contribution >= 4 is 21.8 Å². The SMILES string of the molecule is Cn1c2ccccc2c2cc[n+]([O-])cc21. The van der Waals surface area contributed by atoms with Crippen molar-refractivity contribution in [1.29, 1.82) is 0 Å². The zero-order chi connectivity index (χ0) is 10.4. The predicted molar refractivity (Wildman–Crippen MR) is 59.4 cm³/mol. The summed E-state index contributed by atoms with van der Waals surface area (Å²) in [5.41, 5.74) is 2.12. The quantitative estimate of drug-likeness (QED) is 0.401. The molecule has 2 aromatic heterocycles. The first-order valence-electron chi connectivity index (χ1n) is 4.83. The van der Waals surface area contributed by atoms with Crippen LogP contribution in [-0.2, 0) is 7.05 Å². The molecule has 0 N–H and O–H groups in total. The van der Waals surface area contributed by atoms with Crippen LogP contribution in [0.15, 0.2) is 42.7 Å². The van der Waals surface area contributed by atoms with Crippen molar-refractivity contribution in [2.75, 3.05) is 0 Å². The molecule has 0 aliphatic heterocycles. The first-order valence-corrected chi connectivity index (χ1v) is 4.83. The lowest BCUT2D eigenvalue weighted by Gasteiger charge is -1.97. The molecule has 2 heterocycles. The van der Waals surface area contributed by atoms with Gasteiger partial charge in [0.15, 0.2) is 6.20 Å². The van der Waals surface area contributed by atoms with E-state index in [9.17, 15) is 5.21 Å². The van der Waals surface area contributed by atoms with E-state index in [1.54, 1.807) is 6.20 Å². The molecule has 74 valence electrons. The van der Waals surface area contributed by atoms with E-state index >= 15 is 0 Å². The summed E-state index contributed by atoms with van der Waals surface area (Å²) in [6.07, 6.45) is 3.14. The standard InChI is InChI=1S/C12H10N2O/c1-13-11-5-3-2-4-9(11)10-6-7-14(15)8-12(10)13/h2-8H,1H3. The van der Waals surface area contributed by atoms with Gasteiger partial charge in [0.25, 0.3) is 0 Å². The number of benzene rings is 1. The highest BCUT2D eigenvalue weighted by atomic mass is 16.5. The molecule has 0 saturated heterocycles. The Morgan fingerprint density at radius 1 is 1.07 bits per heavy atom. The van der Waals surface area contributed by atoms with Crippen molar-refractivity contribution in [1.82, 2.24) is 4.57 Å². The lowest BCUT2D eigenvalue weighted by molar-refractivity contribution is -0.604. The molecule has 0 spiro atoms. The zero-order valence-electron chi connectivity index (χ0n) is 8.34. The van der Waals surface area contributed by atoms with Crippen LogP contribution in [0.3, 0.4) is 0 Å². The zero-order valence-corrected chi connectivity index (χ0v) is 8.34. The molecule has 3 nitrogen and oxygen atoms in total. The molecular weight excluding hydrogens is 188 g/mol. The van der Waals surface area contributed by atoms with E-state index in [2.05, 4.69) is 12.1 Å². The van der Waals surface area contributed by atoms with Crippen LogP contribution in [0.25, 0.3) is 21.8 Å². The second kappa shape index (κ2) is 2.73. The molecule has 3 aromatic rings. The van der Waals surface area contributed by atoms with E-state index < -0.39 is 0 Å². The summed E-state index contributed by atoms with van der Waals surface area (Å²) in [7, 11) is 1.98. The highest BCUT2D eigenvalue weighted by molar-refractivity contribution is 6.07. The average Bonchev–Trinajstić information content (AvgIpc) is 2.54.